The van der Waals surface area contributed by atoms with E-state index >= 15 is 0 Å². The van der Waals surface area contributed by atoms with Crippen molar-refractivity contribution < 1.29 is 24.1 Å². The number of aliphatic carboxylic acids is 1. The molecule has 156 valence electrons. The molecule has 0 aromatic heterocycles. The predicted molar refractivity (Wildman–Crippen MR) is 118 cm³/mol. The molecule has 0 heterocycles. The lowest BCUT2D eigenvalue weighted by Crippen LogP contribution is -2.26. The number of benzene rings is 3. The quantitative estimate of drug-likeness (QED) is 0.515. The number of fused-ring (bicyclic) bond motifs is 1. The highest BCUT2D eigenvalue weighted by Crippen LogP contribution is 2.29. The van der Waals surface area contributed by atoms with Gasteiger partial charge in [-0.25, -0.2) is 4.79 Å². The van der Waals surface area contributed by atoms with Crippen LogP contribution in [0.15, 0.2) is 66.7 Å². The molecule has 0 bridgehead atoms. The van der Waals surface area contributed by atoms with Crippen LogP contribution in [0.4, 0.5) is 0 Å². The van der Waals surface area contributed by atoms with Gasteiger partial charge in [0, 0.05) is 18.6 Å². The van der Waals surface area contributed by atoms with Gasteiger partial charge in [-0.2, -0.15) is 0 Å². The second kappa shape index (κ2) is 10.5. The Balaban J connectivity index is 1.62. The summed E-state index contributed by atoms with van der Waals surface area (Å²) in [4.78, 5) is 11.2. The Morgan fingerprint density at radius 1 is 1.07 bits per heavy atom. The number of carbonyl (C=O) groups is 1. The van der Waals surface area contributed by atoms with Gasteiger partial charge >= 0.3 is 5.97 Å². The molecule has 0 radical (unpaired) electrons. The molecule has 5 nitrogen and oxygen atoms in total. The Morgan fingerprint density at radius 2 is 1.83 bits per heavy atom. The van der Waals surface area contributed by atoms with Crippen molar-refractivity contribution in [3.63, 3.8) is 0 Å². The first-order valence-corrected chi connectivity index (χ1v) is 9.90. The lowest BCUT2D eigenvalue weighted by atomic mass is 10.0. The molecule has 5 heteroatoms. The Labute approximate surface area is 176 Å². The van der Waals surface area contributed by atoms with Gasteiger partial charge in [0.25, 0.3) is 0 Å². The van der Waals surface area contributed by atoms with E-state index in [1.54, 1.807) is 14.0 Å². The van der Waals surface area contributed by atoms with Gasteiger partial charge in [0.1, 0.15) is 18.1 Å². The van der Waals surface area contributed by atoms with Crippen LogP contribution in [0, 0.1) is 0 Å². The van der Waals surface area contributed by atoms with E-state index < -0.39 is 12.1 Å². The summed E-state index contributed by atoms with van der Waals surface area (Å²) in [6, 6.07) is 19.6. The number of hydrogen-bond acceptors (Lipinski definition) is 4. The molecule has 0 spiro atoms. The molecule has 0 saturated carbocycles. The Bertz CT molecular complexity index is 1010. The van der Waals surface area contributed by atoms with E-state index in [1.165, 1.54) is 0 Å². The fourth-order valence-corrected chi connectivity index (χ4v) is 3.29. The highest BCUT2D eigenvalue weighted by molar-refractivity contribution is 5.93. The average Bonchev–Trinajstić information content (AvgIpc) is 2.77. The molecule has 1 atom stereocenters. The number of ether oxygens (including phenoxy) is 3. The predicted octanol–water partition coefficient (Wildman–Crippen LogP) is 4.97. The molecule has 30 heavy (non-hydrogen) atoms. The van der Waals surface area contributed by atoms with E-state index in [2.05, 4.69) is 12.1 Å². The van der Waals surface area contributed by atoms with E-state index in [4.69, 9.17) is 14.2 Å². The van der Waals surface area contributed by atoms with Crippen LogP contribution in [0.2, 0.25) is 0 Å². The van der Waals surface area contributed by atoms with E-state index in [1.807, 2.05) is 60.7 Å². The number of carboxylic acids is 1. The minimum Gasteiger partial charge on any atom is -0.496 e. The first kappa shape index (κ1) is 21.4. The molecule has 3 aromatic rings. The maximum atomic E-state index is 11.2. The minimum absolute atomic E-state index is 0.324. The molecule has 0 amide bonds. The number of hydrogen-bond donors (Lipinski definition) is 1. The highest BCUT2D eigenvalue weighted by Gasteiger charge is 2.17. The topological polar surface area (TPSA) is 65.0 Å². The fourth-order valence-electron chi connectivity index (χ4n) is 3.29. The molecule has 0 aliphatic carbocycles. The summed E-state index contributed by atoms with van der Waals surface area (Å²) in [6.07, 6.45) is 3.45. The second-order valence-electron chi connectivity index (χ2n) is 6.75. The van der Waals surface area contributed by atoms with Crippen LogP contribution in [0.1, 0.15) is 18.1 Å². The van der Waals surface area contributed by atoms with Crippen LogP contribution >= 0.6 is 0 Å². The molecule has 3 rings (SSSR count). The number of rotatable bonds is 10. The highest BCUT2D eigenvalue weighted by atomic mass is 16.5. The van der Waals surface area contributed by atoms with Crippen molar-refractivity contribution in [1.29, 1.82) is 0 Å². The maximum Gasteiger partial charge on any atom is 0.333 e. The molecule has 3 aromatic carbocycles. The first-order valence-electron chi connectivity index (χ1n) is 9.90. The Morgan fingerprint density at radius 3 is 2.53 bits per heavy atom. The van der Waals surface area contributed by atoms with Crippen molar-refractivity contribution in [1.82, 2.24) is 0 Å². The maximum absolute atomic E-state index is 11.2. The average molecular weight is 406 g/mol. The van der Waals surface area contributed by atoms with E-state index in [0.29, 0.717) is 19.6 Å². The molecule has 0 fully saturated rings. The minimum atomic E-state index is -0.953. The van der Waals surface area contributed by atoms with Crippen LogP contribution in [-0.2, 0) is 16.0 Å². The fraction of sp³-hybridized carbons (Fsp3) is 0.240. The van der Waals surface area contributed by atoms with Crippen molar-refractivity contribution >= 4 is 22.8 Å². The largest absolute Gasteiger partial charge is 0.496 e. The van der Waals surface area contributed by atoms with Gasteiger partial charge in [0.2, 0.25) is 0 Å². The van der Waals surface area contributed by atoms with Gasteiger partial charge < -0.3 is 19.3 Å². The van der Waals surface area contributed by atoms with Crippen LogP contribution in [0.5, 0.6) is 11.5 Å². The summed E-state index contributed by atoms with van der Waals surface area (Å²) in [5, 5.41) is 11.5. The molecule has 1 N–H and O–H groups in total. The van der Waals surface area contributed by atoms with Crippen molar-refractivity contribution in [3.8, 4) is 11.5 Å². The lowest BCUT2D eigenvalue weighted by Gasteiger charge is -2.12. The van der Waals surface area contributed by atoms with Crippen molar-refractivity contribution in [2.45, 2.75) is 19.4 Å². The smallest absolute Gasteiger partial charge is 0.333 e. The normalized spacial score (nSPS) is 12.2. The second-order valence-corrected chi connectivity index (χ2v) is 6.75. The van der Waals surface area contributed by atoms with Crippen LogP contribution < -0.4 is 9.47 Å². The molecular weight excluding hydrogens is 380 g/mol. The van der Waals surface area contributed by atoms with Gasteiger partial charge in [0.05, 0.1) is 7.11 Å². The molecule has 0 saturated heterocycles. The Kier molecular flexibility index (Phi) is 7.46. The zero-order valence-corrected chi connectivity index (χ0v) is 17.2. The van der Waals surface area contributed by atoms with Gasteiger partial charge in [-0.05, 0) is 47.5 Å². The number of methoxy groups -OCH3 is 1. The third-order valence-corrected chi connectivity index (χ3v) is 4.77. The first-order chi connectivity index (χ1) is 14.6. The summed E-state index contributed by atoms with van der Waals surface area (Å²) in [5.41, 5.74) is 1.91. The van der Waals surface area contributed by atoms with Crippen LogP contribution in [-0.4, -0.2) is 37.5 Å². The summed E-state index contributed by atoms with van der Waals surface area (Å²) in [5.74, 6) is 0.583. The zero-order valence-electron chi connectivity index (χ0n) is 17.2. The molecular formula is C25H26O5. The number of carboxylic acid groups (broad SMARTS) is 1. The van der Waals surface area contributed by atoms with Gasteiger partial charge in [0.15, 0.2) is 6.10 Å². The van der Waals surface area contributed by atoms with E-state index in [9.17, 15) is 9.90 Å². The molecule has 1 unspecified atom stereocenters. The molecule has 0 aliphatic rings. The van der Waals surface area contributed by atoms with Crippen LogP contribution in [0.25, 0.3) is 16.8 Å². The molecule has 0 aliphatic heterocycles. The Hall–Kier alpha value is -3.31. The van der Waals surface area contributed by atoms with Gasteiger partial charge in [-0.1, -0.05) is 48.5 Å². The van der Waals surface area contributed by atoms with Crippen molar-refractivity contribution in [2.24, 2.45) is 0 Å². The van der Waals surface area contributed by atoms with E-state index in [0.717, 1.165) is 33.4 Å². The summed E-state index contributed by atoms with van der Waals surface area (Å²) < 4.78 is 16.6. The standard InChI is InChI=1S/C25H26O5/c1-3-29-24(25(26)27)17-18-10-13-20(14-11-18)30-16-6-9-22-21-8-5-4-7-19(21)12-15-23(22)28-2/h4-15,24H,3,16-17H2,1-2H3,(H,26,27)/b9-6+. The van der Waals surface area contributed by atoms with Crippen molar-refractivity contribution in [3.05, 3.63) is 77.9 Å². The third kappa shape index (κ3) is 5.39. The SMILES string of the molecule is CCOC(Cc1ccc(OC/C=C/c2c(OC)ccc3ccccc23)cc1)C(=O)O. The summed E-state index contributed by atoms with van der Waals surface area (Å²) in [6.45, 7) is 2.56. The van der Waals surface area contributed by atoms with Gasteiger partial charge in [-0.3, -0.25) is 0 Å². The van der Waals surface area contributed by atoms with Crippen molar-refractivity contribution in [2.75, 3.05) is 20.3 Å². The third-order valence-electron chi connectivity index (χ3n) is 4.77. The monoisotopic (exact) mass is 406 g/mol. The summed E-state index contributed by atoms with van der Waals surface area (Å²) in [7, 11) is 1.67. The van der Waals surface area contributed by atoms with E-state index in [-0.39, 0.29) is 0 Å². The summed E-state index contributed by atoms with van der Waals surface area (Å²) >= 11 is 0. The zero-order chi connectivity index (χ0) is 21.3. The van der Waals surface area contributed by atoms with Gasteiger partial charge in [-0.15, -0.1) is 0 Å². The lowest BCUT2D eigenvalue weighted by molar-refractivity contribution is -0.149. The van der Waals surface area contributed by atoms with Crippen LogP contribution in [0.3, 0.4) is 0 Å².